The minimum absolute atomic E-state index is 0.221. The number of nitrogens with zero attached hydrogens (tertiary/aromatic N) is 2. The Hall–Kier alpha value is -2.10. The molecule has 3 rings (SSSR count). The Morgan fingerprint density at radius 3 is 2.72 bits per heavy atom. The van der Waals surface area contributed by atoms with Gasteiger partial charge in [-0.1, -0.05) is 24.8 Å². The minimum Gasteiger partial charge on any atom is -0.347 e. The molecule has 0 saturated heterocycles. The summed E-state index contributed by atoms with van der Waals surface area (Å²) in [7, 11) is 0. The van der Waals surface area contributed by atoms with Crippen LogP contribution in [0.15, 0.2) is 35.9 Å². The second-order valence-corrected chi connectivity index (χ2v) is 4.63. The largest absolute Gasteiger partial charge is 0.347 e. The second-order valence-electron chi connectivity index (χ2n) is 4.63. The summed E-state index contributed by atoms with van der Waals surface area (Å²) in [6.07, 6.45) is 5.07. The topological polar surface area (TPSA) is 44.7 Å². The number of ketones is 1. The van der Waals surface area contributed by atoms with E-state index in [-0.39, 0.29) is 17.9 Å². The highest BCUT2D eigenvalue weighted by Gasteiger charge is 2.39. The molecule has 2 aliphatic rings. The molecule has 1 aromatic carbocycles. The van der Waals surface area contributed by atoms with E-state index < -0.39 is 0 Å². The molecule has 0 bridgehead atoms. The number of Topliss-reactive ketones (excluding diaryl/α,β-unsaturated/α-hetero) is 1. The Morgan fingerprint density at radius 2 is 2.11 bits per heavy atom. The quantitative estimate of drug-likeness (QED) is 0.876. The molecule has 0 amide bonds. The number of nitrogens with one attached hydrogen (secondary N) is 1. The van der Waals surface area contributed by atoms with Gasteiger partial charge >= 0.3 is 0 Å². The second kappa shape index (κ2) is 4.29. The molecule has 0 spiro atoms. The van der Waals surface area contributed by atoms with E-state index in [9.17, 15) is 4.79 Å². The fraction of sp³-hybridized carbons (Fsp3) is 0.286. The zero-order valence-electron chi connectivity index (χ0n) is 10.0. The maximum atomic E-state index is 12.1. The maximum Gasteiger partial charge on any atom is 0.181 e. The number of benzene rings is 1. The van der Waals surface area contributed by atoms with Crippen molar-refractivity contribution in [3.63, 3.8) is 0 Å². The highest BCUT2D eigenvalue weighted by atomic mass is 16.1. The van der Waals surface area contributed by atoms with Crippen molar-refractivity contribution in [1.29, 1.82) is 0 Å². The van der Waals surface area contributed by atoms with Gasteiger partial charge in [-0.3, -0.25) is 4.79 Å². The molecule has 1 heterocycles. The molecule has 1 N–H and O–H groups in total. The van der Waals surface area contributed by atoms with Crippen molar-refractivity contribution in [3.05, 3.63) is 36.4 Å². The smallest absolute Gasteiger partial charge is 0.181 e. The third-order valence-corrected chi connectivity index (χ3v) is 3.30. The summed E-state index contributed by atoms with van der Waals surface area (Å²) in [6.45, 7) is 3.72. The lowest BCUT2D eigenvalue weighted by Crippen LogP contribution is -2.44. The molecule has 1 fully saturated rings. The van der Waals surface area contributed by atoms with Crippen LogP contribution >= 0.6 is 0 Å². The molecule has 1 aromatic rings. The van der Waals surface area contributed by atoms with Crippen LogP contribution in [0.2, 0.25) is 0 Å². The predicted octanol–water partition coefficient (Wildman–Crippen LogP) is 1.99. The Bertz CT molecular complexity index is 502. The first kappa shape index (κ1) is 11.0. The zero-order valence-corrected chi connectivity index (χ0v) is 10.0. The van der Waals surface area contributed by atoms with E-state index in [1.807, 2.05) is 24.3 Å². The molecular formula is C14H15N3O. The van der Waals surface area contributed by atoms with Crippen LogP contribution in [0.25, 0.3) is 6.08 Å². The first-order chi connectivity index (χ1) is 8.79. The highest BCUT2D eigenvalue weighted by Crippen LogP contribution is 2.33. The minimum atomic E-state index is -0.341. The van der Waals surface area contributed by atoms with Crippen LogP contribution in [0.4, 0.5) is 5.69 Å². The highest BCUT2D eigenvalue weighted by molar-refractivity contribution is 5.93. The first-order valence-corrected chi connectivity index (χ1v) is 6.13. The van der Waals surface area contributed by atoms with E-state index in [4.69, 9.17) is 0 Å². The Kier molecular flexibility index (Phi) is 2.63. The van der Waals surface area contributed by atoms with Gasteiger partial charge in [-0.15, -0.1) is 0 Å². The van der Waals surface area contributed by atoms with Crippen LogP contribution in [0, 0.1) is 5.92 Å². The lowest BCUT2D eigenvalue weighted by Gasteiger charge is -2.22. The third-order valence-electron chi connectivity index (χ3n) is 3.30. The average molecular weight is 241 g/mol. The number of hydrazone groups is 1. The van der Waals surface area contributed by atoms with Crippen LogP contribution in [-0.4, -0.2) is 18.3 Å². The van der Waals surface area contributed by atoms with Crippen LogP contribution in [-0.2, 0) is 4.79 Å². The van der Waals surface area contributed by atoms with E-state index in [0.717, 1.165) is 24.1 Å². The standard InChI is InChI=1S/C14H15N3O/c1-2-10-3-7-12(8-4-10)17-14(15-9-16-17)13(18)11-5-6-11/h2-4,7-9,11,14H,1,5-6H2,(H,15,16). The van der Waals surface area contributed by atoms with Gasteiger partial charge in [-0.2, -0.15) is 5.10 Å². The molecule has 0 aromatic heterocycles. The van der Waals surface area contributed by atoms with Crippen molar-refractivity contribution in [1.82, 2.24) is 5.32 Å². The lowest BCUT2D eigenvalue weighted by molar-refractivity contribution is -0.121. The van der Waals surface area contributed by atoms with E-state index in [1.165, 1.54) is 0 Å². The maximum absolute atomic E-state index is 12.1. The monoisotopic (exact) mass is 241 g/mol. The Labute approximate surface area is 106 Å². The van der Waals surface area contributed by atoms with Gasteiger partial charge in [0.25, 0.3) is 0 Å². The van der Waals surface area contributed by atoms with Crippen molar-refractivity contribution in [3.8, 4) is 0 Å². The first-order valence-electron chi connectivity index (χ1n) is 6.13. The van der Waals surface area contributed by atoms with Crippen LogP contribution < -0.4 is 10.3 Å². The van der Waals surface area contributed by atoms with Gasteiger partial charge in [0.05, 0.1) is 5.69 Å². The van der Waals surface area contributed by atoms with Crippen molar-refractivity contribution >= 4 is 23.9 Å². The van der Waals surface area contributed by atoms with Crippen molar-refractivity contribution in [2.24, 2.45) is 11.0 Å². The van der Waals surface area contributed by atoms with Gasteiger partial charge in [0.15, 0.2) is 11.9 Å². The van der Waals surface area contributed by atoms with E-state index >= 15 is 0 Å². The lowest BCUT2D eigenvalue weighted by atomic mass is 10.1. The summed E-state index contributed by atoms with van der Waals surface area (Å²) in [5, 5.41) is 8.99. The molecular weight excluding hydrogens is 226 g/mol. The fourth-order valence-corrected chi connectivity index (χ4v) is 2.08. The Morgan fingerprint density at radius 1 is 1.39 bits per heavy atom. The van der Waals surface area contributed by atoms with Crippen LogP contribution in [0.1, 0.15) is 18.4 Å². The predicted molar refractivity (Wildman–Crippen MR) is 72.2 cm³/mol. The van der Waals surface area contributed by atoms with E-state index in [2.05, 4.69) is 17.0 Å². The van der Waals surface area contributed by atoms with Crippen LogP contribution in [0.5, 0.6) is 0 Å². The molecule has 4 nitrogen and oxygen atoms in total. The van der Waals surface area contributed by atoms with Crippen molar-refractivity contribution < 1.29 is 4.79 Å². The van der Waals surface area contributed by atoms with Crippen molar-refractivity contribution in [2.75, 3.05) is 5.01 Å². The molecule has 1 saturated carbocycles. The summed E-state index contributed by atoms with van der Waals surface area (Å²) in [5.41, 5.74) is 1.97. The normalized spacial score (nSPS) is 21.8. The molecule has 0 radical (unpaired) electrons. The van der Waals surface area contributed by atoms with Gasteiger partial charge in [0.2, 0.25) is 0 Å². The van der Waals surface area contributed by atoms with Gasteiger partial charge < -0.3 is 5.32 Å². The molecule has 92 valence electrons. The fourth-order valence-electron chi connectivity index (χ4n) is 2.08. The molecule has 1 aliphatic carbocycles. The van der Waals surface area contributed by atoms with Crippen molar-refractivity contribution in [2.45, 2.75) is 19.0 Å². The zero-order chi connectivity index (χ0) is 12.5. The average Bonchev–Trinajstić information content (AvgIpc) is 3.15. The molecule has 18 heavy (non-hydrogen) atoms. The molecule has 1 atom stereocenters. The van der Waals surface area contributed by atoms with Gasteiger partial charge in [-0.05, 0) is 30.5 Å². The summed E-state index contributed by atoms with van der Waals surface area (Å²) < 4.78 is 0. The van der Waals surface area contributed by atoms with Gasteiger partial charge in [-0.25, -0.2) is 5.01 Å². The van der Waals surface area contributed by atoms with E-state index in [0.29, 0.717) is 0 Å². The summed E-state index contributed by atoms with van der Waals surface area (Å²) in [4.78, 5) is 12.1. The number of hydrogen-bond donors (Lipinski definition) is 1. The van der Waals surface area contributed by atoms with Gasteiger partial charge in [0.1, 0.15) is 6.34 Å². The summed E-state index contributed by atoms with van der Waals surface area (Å²) in [6, 6.07) is 7.84. The molecule has 4 heteroatoms. The molecule has 1 aliphatic heterocycles. The number of carbonyl (C=O) groups excluding carboxylic acids is 1. The SMILES string of the molecule is C=Cc1ccc(N2N=CNC2C(=O)C2CC2)cc1. The summed E-state index contributed by atoms with van der Waals surface area (Å²) in [5.74, 6) is 0.458. The Balaban J connectivity index is 1.82. The number of rotatable bonds is 4. The summed E-state index contributed by atoms with van der Waals surface area (Å²) >= 11 is 0. The number of hydrogen-bond acceptors (Lipinski definition) is 4. The van der Waals surface area contributed by atoms with E-state index in [1.54, 1.807) is 17.4 Å². The third kappa shape index (κ3) is 1.90. The van der Waals surface area contributed by atoms with Crippen LogP contribution in [0.3, 0.4) is 0 Å². The number of carbonyl (C=O) groups is 1. The number of anilines is 1. The molecule has 1 unspecified atom stereocenters. The van der Waals surface area contributed by atoms with Gasteiger partial charge in [0, 0.05) is 5.92 Å².